The number of amides is 3. The maximum atomic E-state index is 12.9. The van der Waals surface area contributed by atoms with Crippen molar-refractivity contribution in [2.45, 2.75) is 13.0 Å². The van der Waals surface area contributed by atoms with Crippen LogP contribution in [-0.4, -0.2) is 25.6 Å². The lowest BCUT2D eigenvalue weighted by atomic mass is 10.2. The Balaban J connectivity index is 1.58. The van der Waals surface area contributed by atoms with Crippen LogP contribution in [0.1, 0.15) is 11.3 Å². The number of benzene rings is 2. The Labute approximate surface area is 188 Å². The first-order valence-corrected chi connectivity index (χ1v) is 11.0. The van der Waals surface area contributed by atoms with Crippen molar-refractivity contribution >= 4 is 50.6 Å². The van der Waals surface area contributed by atoms with Gasteiger partial charge in [0.15, 0.2) is 0 Å². The van der Waals surface area contributed by atoms with E-state index in [4.69, 9.17) is 4.74 Å². The Morgan fingerprint density at radius 3 is 2.43 bits per heavy atom. The normalized spacial score (nSPS) is 10.3. The van der Waals surface area contributed by atoms with Crippen LogP contribution in [0.5, 0.6) is 5.75 Å². The fourth-order valence-corrected chi connectivity index (χ4v) is 3.73. The van der Waals surface area contributed by atoms with Crippen LogP contribution in [-0.2, 0) is 11.3 Å². The molecule has 0 spiro atoms. The van der Waals surface area contributed by atoms with Gasteiger partial charge in [-0.2, -0.15) is 0 Å². The summed E-state index contributed by atoms with van der Waals surface area (Å²) >= 11 is 4.95. The van der Waals surface area contributed by atoms with Gasteiger partial charge in [0.2, 0.25) is 5.91 Å². The van der Waals surface area contributed by atoms with Crippen molar-refractivity contribution in [3.05, 3.63) is 75.4 Å². The van der Waals surface area contributed by atoms with Crippen LogP contribution in [0.2, 0.25) is 0 Å². The third-order valence-electron chi connectivity index (χ3n) is 4.31. The number of nitrogens with one attached hydrogen (secondary N) is 2. The van der Waals surface area contributed by atoms with Gasteiger partial charge < -0.3 is 20.3 Å². The van der Waals surface area contributed by atoms with Crippen molar-refractivity contribution in [2.24, 2.45) is 0 Å². The van der Waals surface area contributed by atoms with E-state index in [0.29, 0.717) is 12.2 Å². The summed E-state index contributed by atoms with van der Waals surface area (Å²) in [6.45, 7) is 0.714. The van der Waals surface area contributed by atoms with Gasteiger partial charge in [0.05, 0.1) is 13.7 Å². The van der Waals surface area contributed by atoms with Gasteiger partial charge >= 0.3 is 6.03 Å². The van der Waals surface area contributed by atoms with Crippen molar-refractivity contribution in [1.82, 2.24) is 5.32 Å². The van der Waals surface area contributed by atoms with Crippen LogP contribution in [0, 0.1) is 0 Å². The van der Waals surface area contributed by atoms with Crippen molar-refractivity contribution < 1.29 is 14.3 Å². The topological polar surface area (TPSA) is 70.7 Å². The Bertz CT molecular complexity index is 960. The predicted octanol–water partition coefficient (Wildman–Crippen LogP) is 5.26. The lowest BCUT2D eigenvalue weighted by Crippen LogP contribution is -2.35. The molecule has 0 saturated heterocycles. The number of ether oxygens (including phenoxy) is 1. The number of methoxy groups -OCH3 is 1. The van der Waals surface area contributed by atoms with E-state index < -0.39 is 0 Å². The molecule has 30 heavy (non-hydrogen) atoms. The summed E-state index contributed by atoms with van der Waals surface area (Å²) in [5, 5.41) is 7.46. The number of rotatable bonds is 8. The molecule has 0 atom stereocenters. The standard InChI is InChI=1S/C22H22BrN3O3S/c1-29-19-10-8-18(9-11-19)26(15-20-3-2-14-30-20)21(27)12-13-24-22(28)25-17-6-4-16(23)5-7-17/h2-11,14H,12-13,15H2,1H3,(H2,24,25,28). The Hall–Kier alpha value is -2.84. The zero-order chi connectivity index (χ0) is 21.3. The highest BCUT2D eigenvalue weighted by molar-refractivity contribution is 9.10. The van der Waals surface area contributed by atoms with E-state index in [1.165, 1.54) is 0 Å². The molecule has 0 aliphatic heterocycles. The fourth-order valence-electron chi connectivity index (χ4n) is 2.77. The highest BCUT2D eigenvalue weighted by Gasteiger charge is 2.17. The lowest BCUT2D eigenvalue weighted by Gasteiger charge is -2.23. The molecule has 0 aliphatic rings. The molecule has 0 unspecified atom stereocenters. The Morgan fingerprint density at radius 2 is 1.80 bits per heavy atom. The molecular weight excluding hydrogens is 466 g/mol. The second kappa shape index (κ2) is 10.8. The highest BCUT2D eigenvalue weighted by Crippen LogP contribution is 2.23. The zero-order valence-electron chi connectivity index (χ0n) is 16.4. The maximum Gasteiger partial charge on any atom is 0.319 e. The lowest BCUT2D eigenvalue weighted by molar-refractivity contribution is -0.118. The van der Waals surface area contributed by atoms with E-state index in [0.717, 1.165) is 20.8 Å². The van der Waals surface area contributed by atoms with Crippen molar-refractivity contribution in [3.8, 4) is 5.75 Å². The van der Waals surface area contributed by atoms with Gasteiger partial charge in [-0.3, -0.25) is 4.79 Å². The minimum absolute atomic E-state index is 0.0718. The summed E-state index contributed by atoms with van der Waals surface area (Å²) in [6, 6.07) is 18.3. The molecule has 1 heterocycles. The van der Waals surface area contributed by atoms with E-state index in [1.54, 1.807) is 35.5 Å². The molecule has 1 aromatic heterocycles. The van der Waals surface area contributed by atoms with Crippen LogP contribution in [0.25, 0.3) is 0 Å². The first-order valence-electron chi connectivity index (χ1n) is 9.32. The second-order valence-corrected chi connectivity index (χ2v) is 8.34. The van der Waals surface area contributed by atoms with E-state index in [-0.39, 0.29) is 24.9 Å². The van der Waals surface area contributed by atoms with Gasteiger partial charge in [-0.05, 0) is 60.0 Å². The average Bonchev–Trinajstić information content (AvgIpc) is 3.27. The number of urea groups is 1. The first-order chi connectivity index (χ1) is 14.5. The molecule has 2 aromatic carbocycles. The number of hydrogen-bond acceptors (Lipinski definition) is 4. The molecule has 0 aliphatic carbocycles. The zero-order valence-corrected chi connectivity index (χ0v) is 18.8. The number of carbonyl (C=O) groups excluding carboxylic acids is 2. The van der Waals surface area contributed by atoms with Gasteiger partial charge in [0.25, 0.3) is 0 Å². The maximum absolute atomic E-state index is 12.9. The Kier molecular flexibility index (Phi) is 7.87. The fraction of sp³-hybridized carbons (Fsp3) is 0.182. The van der Waals surface area contributed by atoms with Gasteiger partial charge in [-0.15, -0.1) is 11.3 Å². The van der Waals surface area contributed by atoms with Gasteiger partial charge in [-0.25, -0.2) is 4.79 Å². The van der Waals surface area contributed by atoms with E-state index >= 15 is 0 Å². The molecular formula is C22H22BrN3O3S. The van der Waals surface area contributed by atoms with Gasteiger partial charge in [0, 0.05) is 33.7 Å². The second-order valence-electron chi connectivity index (χ2n) is 6.40. The van der Waals surface area contributed by atoms with E-state index in [2.05, 4.69) is 26.6 Å². The third-order valence-corrected chi connectivity index (χ3v) is 5.70. The molecule has 0 saturated carbocycles. The van der Waals surface area contributed by atoms with Crippen LogP contribution >= 0.6 is 27.3 Å². The van der Waals surface area contributed by atoms with Gasteiger partial charge in [-0.1, -0.05) is 22.0 Å². The summed E-state index contributed by atoms with van der Waals surface area (Å²) in [7, 11) is 1.61. The first kappa shape index (κ1) is 21.9. The van der Waals surface area contributed by atoms with Gasteiger partial charge in [0.1, 0.15) is 5.75 Å². The predicted molar refractivity (Wildman–Crippen MR) is 124 cm³/mol. The molecule has 3 amide bonds. The number of thiophene rings is 1. The monoisotopic (exact) mass is 487 g/mol. The summed E-state index contributed by atoms with van der Waals surface area (Å²) < 4.78 is 6.14. The quantitative estimate of drug-likeness (QED) is 0.454. The van der Waals surface area contributed by atoms with Crippen LogP contribution in [0.4, 0.5) is 16.2 Å². The number of halogens is 1. The van der Waals surface area contributed by atoms with Crippen LogP contribution in [0.3, 0.4) is 0 Å². The number of hydrogen-bond donors (Lipinski definition) is 2. The summed E-state index contributed by atoms with van der Waals surface area (Å²) in [4.78, 5) is 27.8. The Morgan fingerprint density at radius 1 is 1.07 bits per heavy atom. The molecule has 6 nitrogen and oxygen atoms in total. The minimum atomic E-state index is -0.348. The number of carbonyl (C=O) groups is 2. The van der Waals surface area contributed by atoms with Crippen LogP contribution in [0.15, 0.2) is 70.5 Å². The SMILES string of the molecule is COc1ccc(N(Cc2cccs2)C(=O)CCNC(=O)Nc2ccc(Br)cc2)cc1. The molecule has 156 valence electrons. The molecule has 3 rings (SSSR count). The highest BCUT2D eigenvalue weighted by atomic mass is 79.9. The summed E-state index contributed by atoms with van der Waals surface area (Å²) in [6.07, 6.45) is 0.186. The van der Waals surface area contributed by atoms with E-state index in [1.807, 2.05) is 53.9 Å². The average molecular weight is 488 g/mol. The van der Waals surface area contributed by atoms with Crippen molar-refractivity contribution in [3.63, 3.8) is 0 Å². The molecule has 3 aromatic rings. The summed E-state index contributed by atoms with van der Waals surface area (Å²) in [5.41, 5.74) is 1.47. The molecule has 8 heteroatoms. The molecule has 0 bridgehead atoms. The van der Waals surface area contributed by atoms with Crippen molar-refractivity contribution in [2.75, 3.05) is 23.9 Å². The largest absolute Gasteiger partial charge is 0.497 e. The number of anilines is 2. The smallest absolute Gasteiger partial charge is 0.319 e. The molecule has 0 fully saturated rings. The van der Waals surface area contributed by atoms with Crippen molar-refractivity contribution in [1.29, 1.82) is 0 Å². The third kappa shape index (κ3) is 6.33. The number of nitrogens with zero attached hydrogens (tertiary/aromatic N) is 1. The van der Waals surface area contributed by atoms with Crippen LogP contribution < -0.4 is 20.3 Å². The molecule has 0 radical (unpaired) electrons. The molecule has 2 N–H and O–H groups in total. The minimum Gasteiger partial charge on any atom is -0.497 e. The van der Waals surface area contributed by atoms with E-state index in [9.17, 15) is 9.59 Å². The summed E-state index contributed by atoms with van der Waals surface area (Å²) in [5.74, 6) is 0.658.